The molecule has 1 unspecified atom stereocenters. The SMILES string of the molecule is CCCC(CC)C1CCC(C(=NN=Cc2ccc(F)c(F)c2)c2ccccc2)CC1. The van der Waals surface area contributed by atoms with Crippen LogP contribution < -0.4 is 0 Å². The standard InChI is InChI=1S/C26H32F2N2/c1-3-8-20(4-2)21-12-14-23(15-13-21)26(22-9-6-5-7-10-22)30-29-18-19-11-16-24(27)25(28)17-19/h5-7,9-11,16-18,20-21,23H,3-4,8,12-15H2,1-2H3. The van der Waals surface area contributed by atoms with Crippen molar-refractivity contribution in [2.75, 3.05) is 0 Å². The van der Waals surface area contributed by atoms with Crippen molar-refractivity contribution in [3.05, 3.63) is 71.3 Å². The van der Waals surface area contributed by atoms with Crippen molar-refractivity contribution in [3.8, 4) is 0 Å². The molecule has 4 heteroatoms. The molecule has 1 aliphatic carbocycles. The molecule has 30 heavy (non-hydrogen) atoms. The molecule has 0 bridgehead atoms. The Labute approximate surface area is 179 Å². The van der Waals surface area contributed by atoms with Crippen LogP contribution in [-0.2, 0) is 0 Å². The lowest BCUT2D eigenvalue weighted by Gasteiger charge is -2.34. The first kappa shape index (κ1) is 22.3. The fourth-order valence-corrected chi connectivity index (χ4v) is 4.74. The predicted molar refractivity (Wildman–Crippen MR) is 121 cm³/mol. The van der Waals surface area contributed by atoms with Gasteiger partial charge in [-0.05, 0) is 60.8 Å². The Bertz CT molecular complexity index is 853. The first-order chi connectivity index (χ1) is 14.6. The summed E-state index contributed by atoms with van der Waals surface area (Å²) in [6, 6.07) is 13.9. The molecule has 2 aromatic carbocycles. The summed E-state index contributed by atoms with van der Waals surface area (Å²) in [6.07, 6.45) is 10.1. The molecule has 3 rings (SSSR count). The van der Waals surface area contributed by atoms with Crippen LogP contribution in [0.5, 0.6) is 0 Å². The van der Waals surface area contributed by atoms with Crippen LogP contribution in [0, 0.1) is 29.4 Å². The van der Waals surface area contributed by atoms with Crippen molar-refractivity contribution in [2.45, 2.75) is 58.8 Å². The van der Waals surface area contributed by atoms with E-state index >= 15 is 0 Å². The third-order valence-corrected chi connectivity index (χ3v) is 6.39. The maximum Gasteiger partial charge on any atom is 0.159 e. The fraction of sp³-hybridized carbons (Fsp3) is 0.462. The lowest BCUT2D eigenvalue weighted by molar-refractivity contribution is 0.212. The maximum atomic E-state index is 13.4. The molecule has 1 atom stereocenters. The second-order valence-electron chi connectivity index (χ2n) is 8.34. The quantitative estimate of drug-likeness (QED) is 0.319. The highest BCUT2D eigenvalue weighted by Crippen LogP contribution is 2.38. The molecular weight excluding hydrogens is 378 g/mol. The molecule has 160 valence electrons. The van der Waals surface area contributed by atoms with E-state index in [9.17, 15) is 8.78 Å². The van der Waals surface area contributed by atoms with Crippen LogP contribution in [-0.4, -0.2) is 11.9 Å². The number of benzene rings is 2. The van der Waals surface area contributed by atoms with E-state index in [4.69, 9.17) is 0 Å². The molecule has 2 aromatic rings. The molecule has 1 fully saturated rings. The second kappa shape index (κ2) is 11.1. The van der Waals surface area contributed by atoms with Gasteiger partial charge < -0.3 is 0 Å². The molecule has 0 aliphatic heterocycles. The van der Waals surface area contributed by atoms with Gasteiger partial charge in [-0.2, -0.15) is 10.2 Å². The maximum absolute atomic E-state index is 13.4. The number of hydrogen-bond donors (Lipinski definition) is 0. The Morgan fingerprint density at radius 3 is 2.37 bits per heavy atom. The lowest BCUT2D eigenvalue weighted by atomic mass is 9.72. The fourth-order valence-electron chi connectivity index (χ4n) is 4.74. The highest BCUT2D eigenvalue weighted by Gasteiger charge is 2.29. The second-order valence-corrected chi connectivity index (χ2v) is 8.34. The highest BCUT2D eigenvalue weighted by atomic mass is 19.2. The first-order valence-electron chi connectivity index (χ1n) is 11.2. The van der Waals surface area contributed by atoms with Crippen LogP contribution in [0.1, 0.15) is 69.9 Å². The predicted octanol–water partition coefficient (Wildman–Crippen LogP) is 7.42. The van der Waals surface area contributed by atoms with Gasteiger partial charge in [0.2, 0.25) is 0 Å². The van der Waals surface area contributed by atoms with E-state index < -0.39 is 11.6 Å². The van der Waals surface area contributed by atoms with Crippen molar-refractivity contribution < 1.29 is 8.78 Å². The third-order valence-electron chi connectivity index (χ3n) is 6.39. The summed E-state index contributed by atoms with van der Waals surface area (Å²) < 4.78 is 26.6. The van der Waals surface area contributed by atoms with E-state index in [1.165, 1.54) is 44.4 Å². The summed E-state index contributed by atoms with van der Waals surface area (Å²) in [4.78, 5) is 0. The largest absolute Gasteiger partial charge is 0.204 e. The first-order valence-corrected chi connectivity index (χ1v) is 11.2. The number of halogens is 2. The van der Waals surface area contributed by atoms with Crippen LogP contribution in [0.15, 0.2) is 58.7 Å². The van der Waals surface area contributed by atoms with Gasteiger partial charge in [-0.1, -0.05) is 69.5 Å². The Morgan fingerprint density at radius 2 is 1.73 bits per heavy atom. The molecule has 0 N–H and O–H groups in total. The van der Waals surface area contributed by atoms with E-state index in [1.54, 1.807) is 0 Å². The van der Waals surface area contributed by atoms with Crippen LogP contribution in [0.3, 0.4) is 0 Å². The number of hydrogen-bond acceptors (Lipinski definition) is 2. The zero-order valence-electron chi connectivity index (χ0n) is 18.0. The summed E-state index contributed by atoms with van der Waals surface area (Å²) in [6.45, 7) is 4.59. The van der Waals surface area contributed by atoms with E-state index in [0.29, 0.717) is 11.5 Å². The van der Waals surface area contributed by atoms with Gasteiger partial charge in [-0.15, -0.1) is 0 Å². The van der Waals surface area contributed by atoms with Gasteiger partial charge in [-0.3, -0.25) is 0 Å². The highest BCUT2D eigenvalue weighted by molar-refractivity contribution is 6.02. The Kier molecular flexibility index (Phi) is 8.30. The Balaban J connectivity index is 1.76. The number of rotatable bonds is 8. The summed E-state index contributed by atoms with van der Waals surface area (Å²) in [5.74, 6) is 0.297. The van der Waals surface area contributed by atoms with Crippen molar-refractivity contribution in [1.82, 2.24) is 0 Å². The van der Waals surface area contributed by atoms with Crippen LogP contribution in [0.2, 0.25) is 0 Å². The zero-order chi connectivity index (χ0) is 21.3. The summed E-state index contributed by atoms with van der Waals surface area (Å²) in [5, 5.41) is 8.80. The van der Waals surface area contributed by atoms with Gasteiger partial charge in [0.15, 0.2) is 11.6 Å². The minimum Gasteiger partial charge on any atom is -0.204 e. The number of nitrogens with zero attached hydrogens (tertiary/aromatic N) is 2. The summed E-state index contributed by atoms with van der Waals surface area (Å²) in [5.41, 5.74) is 2.58. The molecule has 0 amide bonds. The lowest BCUT2D eigenvalue weighted by Crippen LogP contribution is -2.26. The molecule has 0 saturated heterocycles. The van der Waals surface area contributed by atoms with Crippen molar-refractivity contribution in [1.29, 1.82) is 0 Å². The Morgan fingerprint density at radius 1 is 1.00 bits per heavy atom. The minimum atomic E-state index is -0.873. The molecule has 2 nitrogen and oxygen atoms in total. The van der Waals surface area contributed by atoms with Crippen LogP contribution in [0.4, 0.5) is 8.78 Å². The minimum absolute atomic E-state index is 0.380. The van der Waals surface area contributed by atoms with Crippen LogP contribution >= 0.6 is 0 Å². The average molecular weight is 411 g/mol. The van der Waals surface area contributed by atoms with Gasteiger partial charge >= 0.3 is 0 Å². The van der Waals surface area contributed by atoms with E-state index in [1.807, 2.05) is 18.2 Å². The molecule has 1 saturated carbocycles. The normalized spacial score (nSPS) is 21.1. The smallest absolute Gasteiger partial charge is 0.159 e. The Hall–Kier alpha value is -2.36. The summed E-state index contributed by atoms with van der Waals surface area (Å²) >= 11 is 0. The zero-order valence-corrected chi connectivity index (χ0v) is 18.0. The van der Waals surface area contributed by atoms with Gasteiger partial charge in [0.1, 0.15) is 0 Å². The van der Waals surface area contributed by atoms with Gasteiger partial charge in [-0.25, -0.2) is 8.78 Å². The molecule has 1 aliphatic rings. The van der Waals surface area contributed by atoms with Gasteiger partial charge in [0.05, 0.1) is 11.9 Å². The van der Waals surface area contributed by atoms with Crippen molar-refractivity contribution in [2.24, 2.45) is 28.0 Å². The van der Waals surface area contributed by atoms with Gasteiger partial charge in [0, 0.05) is 5.92 Å². The monoisotopic (exact) mass is 410 g/mol. The van der Waals surface area contributed by atoms with E-state index in [2.05, 4.69) is 36.2 Å². The van der Waals surface area contributed by atoms with E-state index in [0.717, 1.165) is 48.1 Å². The average Bonchev–Trinajstić information content (AvgIpc) is 2.78. The topological polar surface area (TPSA) is 24.7 Å². The van der Waals surface area contributed by atoms with Crippen LogP contribution in [0.25, 0.3) is 0 Å². The molecule has 0 heterocycles. The van der Waals surface area contributed by atoms with Gasteiger partial charge in [0.25, 0.3) is 0 Å². The van der Waals surface area contributed by atoms with Crippen molar-refractivity contribution in [3.63, 3.8) is 0 Å². The summed E-state index contributed by atoms with van der Waals surface area (Å²) in [7, 11) is 0. The third kappa shape index (κ3) is 5.84. The molecular formula is C26H32F2N2. The molecule has 0 aromatic heterocycles. The molecule has 0 radical (unpaired) electrons. The van der Waals surface area contributed by atoms with E-state index in [-0.39, 0.29) is 0 Å². The molecule has 0 spiro atoms. The van der Waals surface area contributed by atoms with Crippen molar-refractivity contribution >= 4 is 11.9 Å².